The van der Waals surface area contributed by atoms with Gasteiger partial charge >= 0.3 is 0 Å². The van der Waals surface area contributed by atoms with Crippen molar-refractivity contribution in [2.75, 3.05) is 48.2 Å². The number of aryl methyl sites for hydroxylation is 1. The van der Waals surface area contributed by atoms with Crippen molar-refractivity contribution in [3.8, 4) is 0 Å². The number of nitrogens with zero attached hydrogens (tertiary/aromatic N) is 3. The molecule has 7 heteroatoms. The summed E-state index contributed by atoms with van der Waals surface area (Å²) in [5, 5.41) is 0. The monoisotopic (exact) mass is 443 g/mol. The van der Waals surface area contributed by atoms with Crippen molar-refractivity contribution in [1.29, 1.82) is 0 Å². The van der Waals surface area contributed by atoms with Crippen LogP contribution in [0.15, 0.2) is 42.5 Å². The Bertz CT molecular complexity index is 1040. The molecule has 0 spiro atoms. The van der Waals surface area contributed by atoms with E-state index in [0.717, 1.165) is 24.9 Å². The zero-order valence-corrected chi connectivity index (χ0v) is 19.9. The number of carbonyl (C=O) groups excluding carboxylic acids is 1. The summed E-state index contributed by atoms with van der Waals surface area (Å²) in [6, 6.07) is 13.7. The number of rotatable bonds is 6. The predicted molar refractivity (Wildman–Crippen MR) is 127 cm³/mol. The van der Waals surface area contributed by atoms with Crippen LogP contribution in [0.5, 0.6) is 0 Å². The van der Waals surface area contributed by atoms with E-state index >= 15 is 0 Å². The van der Waals surface area contributed by atoms with Crippen molar-refractivity contribution < 1.29 is 13.2 Å². The molecule has 0 atom stereocenters. The normalized spacial score (nSPS) is 14.8. The minimum Gasteiger partial charge on any atom is -0.368 e. The zero-order valence-electron chi connectivity index (χ0n) is 19.1. The van der Waals surface area contributed by atoms with Gasteiger partial charge in [0, 0.05) is 31.9 Å². The molecule has 1 heterocycles. The maximum Gasteiger partial charge on any atom is 0.243 e. The SMILES string of the molecule is Cc1cccc(N2CCN(C(=O)CN(c3ccccc3C(C)C)S(C)(=O)=O)CC2)c1C. The quantitative estimate of drug-likeness (QED) is 0.685. The van der Waals surface area contributed by atoms with E-state index in [1.165, 1.54) is 21.1 Å². The second kappa shape index (κ2) is 9.30. The van der Waals surface area contributed by atoms with E-state index in [0.29, 0.717) is 18.8 Å². The smallest absolute Gasteiger partial charge is 0.243 e. The lowest BCUT2D eigenvalue weighted by molar-refractivity contribution is -0.129. The molecule has 0 aromatic heterocycles. The number of amides is 1. The standard InChI is InChI=1S/C24H33N3O3S/c1-18(2)21-10-6-7-11-23(21)27(31(5,29)30)17-24(28)26-15-13-25(14-16-26)22-12-8-9-19(3)20(22)4/h6-12,18H,13-17H2,1-5H3. The molecule has 6 nitrogen and oxygen atoms in total. The average molecular weight is 444 g/mol. The summed E-state index contributed by atoms with van der Waals surface area (Å²) in [5.41, 5.74) is 5.22. The Hall–Kier alpha value is -2.54. The van der Waals surface area contributed by atoms with Crippen LogP contribution in [0.3, 0.4) is 0 Å². The van der Waals surface area contributed by atoms with Gasteiger partial charge in [0.2, 0.25) is 15.9 Å². The van der Waals surface area contributed by atoms with E-state index in [1.54, 1.807) is 11.0 Å². The number of hydrogen-bond acceptors (Lipinski definition) is 4. The Kier molecular flexibility index (Phi) is 6.94. The van der Waals surface area contributed by atoms with Crippen LogP contribution in [-0.2, 0) is 14.8 Å². The highest BCUT2D eigenvalue weighted by atomic mass is 32.2. The molecule has 31 heavy (non-hydrogen) atoms. The second-order valence-corrected chi connectivity index (χ2v) is 10.5. The minimum absolute atomic E-state index is 0.150. The highest BCUT2D eigenvalue weighted by Crippen LogP contribution is 2.29. The van der Waals surface area contributed by atoms with Gasteiger partial charge in [-0.05, 0) is 48.6 Å². The molecule has 1 aliphatic heterocycles. The first-order chi connectivity index (χ1) is 14.6. The molecule has 1 amide bonds. The maximum absolute atomic E-state index is 13.1. The summed E-state index contributed by atoms with van der Waals surface area (Å²) in [6.07, 6.45) is 1.16. The Morgan fingerprint density at radius 2 is 1.65 bits per heavy atom. The number of benzene rings is 2. The van der Waals surface area contributed by atoms with Crippen LogP contribution in [-0.4, -0.2) is 58.2 Å². The maximum atomic E-state index is 13.1. The summed E-state index contributed by atoms with van der Waals surface area (Å²) in [7, 11) is -3.60. The molecular weight excluding hydrogens is 410 g/mol. The highest BCUT2D eigenvalue weighted by Gasteiger charge is 2.28. The molecule has 0 aliphatic carbocycles. The molecule has 1 fully saturated rings. The van der Waals surface area contributed by atoms with E-state index in [-0.39, 0.29) is 18.4 Å². The van der Waals surface area contributed by atoms with E-state index in [4.69, 9.17) is 0 Å². The molecule has 3 rings (SSSR count). The molecule has 168 valence electrons. The highest BCUT2D eigenvalue weighted by molar-refractivity contribution is 7.92. The van der Waals surface area contributed by atoms with Gasteiger partial charge in [-0.15, -0.1) is 0 Å². The minimum atomic E-state index is -3.60. The summed E-state index contributed by atoms with van der Waals surface area (Å²) in [4.78, 5) is 17.2. The molecule has 0 unspecified atom stereocenters. The first-order valence-corrected chi connectivity index (χ1v) is 12.6. The van der Waals surface area contributed by atoms with E-state index in [1.807, 2.05) is 32.0 Å². The van der Waals surface area contributed by atoms with Gasteiger partial charge < -0.3 is 9.80 Å². The molecule has 2 aromatic rings. The Balaban J connectivity index is 1.74. The van der Waals surface area contributed by atoms with Crippen molar-refractivity contribution in [2.45, 2.75) is 33.6 Å². The van der Waals surface area contributed by atoms with Crippen LogP contribution >= 0.6 is 0 Å². The van der Waals surface area contributed by atoms with Crippen LogP contribution in [0.4, 0.5) is 11.4 Å². The number of hydrogen-bond donors (Lipinski definition) is 0. The number of carbonyl (C=O) groups is 1. The summed E-state index contributed by atoms with van der Waals surface area (Å²) in [5.74, 6) is -0.0127. The lowest BCUT2D eigenvalue weighted by Gasteiger charge is -2.38. The summed E-state index contributed by atoms with van der Waals surface area (Å²) >= 11 is 0. The van der Waals surface area contributed by atoms with Crippen LogP contribution in [0.25, 0.3) is 0 Å². The summed E-state index contributed by atoms with van der Waals surface area (Å²) < 4.78 is 26.4. The molecule has 1 saturated heterocycles. The van der Waals surface area contributed by atoms with E-state index in [9.17, 15) is 13.2 Å². The number of para-hydroxylation sites is 1. The zero-order chi connectivity index (χ0) is 22.8. The van der Waals surface area contributed by atoms with Crippen LogP contribution < -0.4 is 9.21 Å². The topological polar surface area (TPSA) is 60.9 Å². The van der Waals surface area contributed by atoms with Gasteiger partial charge in [-0.25, -0.2) is 8.42 Å². The first kappa shape index (κ1) is 23.1. The predicted octanol–water partition coefficient (Wildman–Crippen LogP) is 3.54. The van der Waals surface area contributed by atoms with Gasteiger partial charge in [0.05, 0.1) is 11.9 Å². The Morgan fingerprint density at radius 3 is 2.26 bits per heavy atom. The van der Waals surface area contributed by atoms with Crippen molar-refractivity contribution in [3.05, 3.63) is 59.2 Å². The fraction of sp³-hybridized carbons (Fsp3) is 0.458. The van der Waals surface area contributed by atoms with Gasteiger partial charge in [-0.3, -0.25) is 9.10 Å². The third-order valence-electron chi connectivity index (χ3n) is 6.06. The Labute approximate surface area is 186 Å². The average Bonchev–Trinajstić information content (AvgIpc) is 2.73. The molecule has 1 aliphatic rings. The molecule has 0 bridgehead atoms. The lowest BCUT2D eigenvalue weighted by atomic mass is 10.0. The lowest BCUT2D eigenvalue weighted by Crippen LogP contribution is -2.52. The van der Waals surface area contributed by atoms with E-state index < -0.39 is 10.0 Å². The molecule has 2 aromatic carbocycles. The Morgan fingerprint density at radius 1 is 1.00 bits per heavy atom. The third-order valence-corrected chi connectivity index (χ3v) is 7.18. The first-order valence-electron chi connectivity index (χ1n) is 10.7. The van der Waals surface area contributed by atoms with Crippen molar-refractivity contribution >= 4 is 27.3 Å². The van der Waals surface area contributed by atoms with Gasteiger partial charge in [-0.1, -0.05) is 44.2 Å². The van der Waals surface area contributed by atoms with Crippen molar-refractivity contribution in [1.82, 2.24) is 4.90 Å². The fourth-order valence-electron chi connectivity index (χ4n) is 4.08. The number of sulfonamides is 1. The third kappa shape index (κ3) is 5.21. The van der Waals surface area contributed by atoms with E-state index in [2.05, 4.69) is 36.9 Å². The fourth-order valence-corrected chi connectivity index (χ4v) is 4.95. The van der Waals surface area contributed by atoms with Gasteiger partial charge in [0.15, 0.2) is 0 Å². The van der Waals surface area contributed by atoms with Gasteiger partial charge in [0.25, 0.3) is 0 Å². The van der Waals surface area contributed by atoms with Crippen LogP contribution in [0, 0.1) is 13.8 Å². The largest absolute Gasteiger partial charge is 0.368 e. The molecule has 0 radical (unpaired) electrons. The van der Waals surface area contributed by atoms with Crippen molar-refractivity contribution in [2.24, 2.45) is 0 Å². The van der Waals surface area contributed by atoms with Gasteiger partial charge in [-0.2, -0.15) is 0 Å². The molecule has 0 saturated carbocycles. The number of anilines is 2. The molecular formula is C24H33N3O3S. The van der Waals surface area contributed by atoms with Crippen LogP contribution in [0.2, 0.25) is 0 Å². The number of piperazine rings is 1. The van der Waals surface area contributed by atoms with Crippen LogP contribution in [0.1, 0.15) is 36.5 Å². The summed E-state index contributed by atoms with van der Waals surface area (Å²) in [6.45, 7) is 10.7. The van der Waals surface area contributed by atoms with Gasteiger partial charge in [0.1, 0.15) is 6.54 Å². The second-order valence-electron chi connectivity index (χ2n) is 8.57. The van der Waals surface area contributed by atoms with Crippen molar-refractivity contribution in [3.63, 3.8) is 0 Å². The molecule has 0 N–H and O–H groups in total.